The van der Waals surface area contributed by atoms with Crippen molar-refractivity contribution in [1.29, 1.82) is 0 Å². The van der Waals surface area contributed by atoms with Crippen LogP contribution in [0.2, 0.25) is 0 Å². The first-order chi connectivity index (χ1) is 10.0. The third-order valence-electron chi connectivity index (χ3n) is 4.00. The van der Waals surface area contributed by atoms with Gasteiger partial charge in [-0.2, -0.15) is 0 Å². The normalized spacial score (nSPS) is 14.5. The highest BCUT2D eigenvalue weighted by Gasteiger charge is 2.28. The van der Waals surface area contributed by atoms with E-state index in [4.69, 9.17) is 10.5 Å². The highest BCUT2D eigenvalue weighted by molar-refractivity contribution is 5.36. The molecule has 0 radical (unpaired) electrons. The number of unbranched alkanes of at least 4 members (excludes halogenated alkanes) is 2. The van der Waals surface area contributed by atoms with Crippen molar-refractivity contribution < 1.29 is 4.74 Å². The highest BCUT2D eigenvalue weighted by atomic mass is 16.5. The lowest BCUT2D eigenvalue weighted by molar-refractivity contribution is 0.130. The predicted molar refractivity (Wildman–Crippen MR) is 90.8 cm³/mol. The molecular weight excluding hydrogens is 260 g/mol. The third-order valence-corrected chi connectivity index (χ3v) is 4.00. The molecule has 21 heavy (non-hydrogen) atoms. The Labute approximate surface area is 130 Å². The van der Waals surface area contributed by atoms with Crippen LogP contribution in [0.25, 0.3) is 0 Å². The van der Waals surface area contributed by atoms with Gasteiger partial charge in [-0.05, 0) is 39.8 Å². The van der Waals surface area contributed by atoms with E-state index in [1.807, 2.05) is 12.1 Å². The van der Waals surface area contributed by atoms with Crippen molar-refractivity contribution in [3.63, 3.8) is 0 Å². The van der Waals surface area contributed by atoms with Gasteiger partial charge in [-0.15, -0.1) is 0 Å². The summed E-state index contributed by atoms with van der Waals surface area (Å²) in [6, 6.07) is 8.96. The Bertz CT molecular complexity index is 404. The van der Waals surface area contributed by atoms with Crippen molar-refractivity contribution in [1.82, 2.24) is 4.90 Å². The summed E-state index contributed by atoms with van der Waals surface area (Å²) < 4.78 is 5.55. The second-order valence-corrected chi connectivity index (χ2v) is 6.08. The van der Waals surface area contributed by atoms with Crippen LogP contribution < -0.4 is 10.5 Å². The molecule has 0 spiro atoms. The highest BCUT2D eigenvalue weighted by Crippen LogP contribution is 2.32. The van der Waals surface area contributed by atoms with Crippen LogP contribution in [0, 0.1) is 0 Å². The fraction of sp³-hybridized carbons (Fsp3) is 0.667. The molecular formula is C18H32N2O. The molecule has 1 rings (SSSR count). The predicted octanol–water partition coefficient (Wildman–Crippen LogP) is 3.98. The fourth-order valence-corrected chi connectivity index (χ4v) is 2.94. The Kier molecular flexibility index (Phi) is 7.76. The van der Waals surface area contributed by atoms with E-state index < -0.39 is 0 Å². The lowest BCUT2D eigenvalue weighted by atomic mass is 9.96. The molecule has 1 aromatic rings. The van der Waals surface area contributed by atoms with E-state index in [0.717, 1.165) is 12.3 Å². The van der Waals surface area contributed by atoms with Gasteiger partial charge in [-0.25, -0.2) is 0 Å². The monoisotopic (exact) mass is 292 g/mol. The molecule has 2 N–H and O–H groups in total. The van der Waals surface area contributed by atoms with Crippen LogP contribution in [-0.4, -0.2) is 30.6 Å². The molecule has 0 aliphatic carbocycles. The van der Waals surface area contributed by atoms with E-state index in [0.29, 0.717) is 6.04 Å². The number of benzene rings is 1. The molecule has 3 nitrogen and oxygen atoms in total. The van der Waals surface area contributed by atoms with Crippen LogP contribution in [0.1, 0.15) is 58.6 Å². The quantitative estimate of drug-likeness (QED) is 0.700. The van der Waals surface area contributed by atoms with Gasteiger partial charge in [0.2, 0.25) is 0 Å². The van der Waals surface area contributed by atoms with Gasteiger partial charge in [-0.3, -0.25) is 4.90 Å². The van der Waals surface area contributed by atoms with Gasteiger partial charge in [0.1, 0.15) is 5.75 Å². The molecule has 0 saturated heterocycles. The average Bonchev–Trinajstić information content (AvgIpc) is 2.46. The summed E-state index contributed by atoms with van der Waals surface area (Å²) in [5, 5.41) is 0. The van der Waals surface area contributed by atoms with Crippen LogP contribution >= 0.6 is 0 Å². The number of nitrogens with zero attached hydrogens (tertiary/aromatic N) is 1. The Morgan fingerprint density at radius 1 is 1.14 bits per heavy atom. The van der Waals surface area contributed by atoms with Gasteiger partial charge in [-0.1, -0.05) is 38.0 Å². The molecule has 0 bridgehead atoms. The van der Waals surface area contributed by atoms with Gasteiger partial charge in [0.05, 0.1) is 13.2 Å². The second-order valence-electron chi connectivity index (χ2n) is 6.08. The number of methoxy groups -OCH3 is 1. The molecule has 0 saturated carbocycles. The zero-order valence-electron chi connectivity index (χ0n) is 14.3. The number of hydrogen-bond acceptors (Lipinski definition) is 3. The maximum atomic E-state index is 6.34. The van der Waals surface area contributed by atoms with Crippen molar-refractivity contribution in [2.75, 3.05) is 13.7 Å². The van der Waals surface area contributed by atoms with Crippen molar-refractivity contribution in [2.45, 2.75) is 65.1 Å². The molecule has 0 heterocycles. The lowest BCUT2D eigenvalue weighted by Gasteiger charge is -2.38. The minimum Gasteiger partial charge on any atom is -0.496 e. The number of ether oxygens (including phenoxy) is 1. The van der Waals surface area contributed by atoms with Gasteiger partial charge in [0.25, 0.3) is 0 Å². The Morgan fingerprint density at radius 2 is 1.81 bits per heavy atom. The Morgan fingerprint density at radius 3 is 2.33 bits per heavy atom. The minimum absolute atomic E-state index is 0.0605. The first-order valence-electron chi connectivity index (χ1n) is 8.17. The Balaban J connectivity index is 3.06. The Hall–Kier alpha value is -1.06. The van der Waals surface area contributed by atoms with Crippen LogP contribution in [0.5, 0.6) is 5.75 Å². The minimum atomic E-state index is 0.0605. The summed E-state index contributed by atoms with van der Waals surface area (Å²) >= 11 is 0. The van der Waals surface area contributed by atoms with E-state index in [9.17, 15) is 0 Å². The number of para-hydroxylation sites is 1. The first-order valence-corrected chi connectivity index (χ1v) is 8.17. The third kappa shape index (κ3) is 5.01. The summed E-state index contributed by atoms with van der Waals surface area (Å²) in [5.74, 6) is 0.931. The standard InChI is InChI=1S/C18H32N2O/c1-6-7-10-13-20(14(2)3)18(15(4)19)16-11-8-9-12-17(16)21-5/h8-9,11-12,14-15,18H,6-7,10,13,19H2,1-5H3. The summed E-state index contributed by atoms with van der Waals surface area (Å²) in [6.45, 7) is 9.90. The fourth-order valence-electron chi connectivity index (χ4n) is 2.94. The summed E-state index contributed by atoms with van der Waals surface area (Å²) in [5.41, 5.74) is 7.53. The average molecular weight is 292 g/mol. The number of rotatable bonds is 9. The topological polar surface area (TPSA) is 38.5 Å². The van der Waals surface area contributed by atoms with E-state index >= 15 is 0 Å². The molecule has 120 valence electrons. The molecule has 2 atom stereocenters. The van der Waals surface area contributed by atoms with E-state index in [1.165, 1.54) is 24.8 Å². The van der Waals surface area contributed by atoms with Gasteiger partial charge < -0.3 is 10.5 Å². The summed E-state index contributed by atoms with van der Waals surface area (Å²) in [6.07, 6.45) is 3.72. The maximum absolute atomic E-state index is 6.34. The lowest BCUT2D eigenvalue weighted by Crippen LogP contribution is -2.43. The van der Waals surface area contributed by atoms with Crippen molar-refractivity contribution in [3.05, 3.63) is 29.8 Å². The van der Waals surface area contributed by atoms with Crippen LogP contribution in [0.3, 0.4) is 0 Å². The first kappa shape index (κ1) is 18.0. The molecule has 1 aromatic carbocycles. The van der Waals surface area contributed by atoms with Gasteiger partial charge >= 0.3 is 0 Å². The SMILES string of the molecule is CCCCCN(C(C)C)C(c1ccccc1OC)C(C)N. The van der Waals surface area contributed by atoms with E-state index in [-0.39, 0.29) is 12.1 Å². The van der Waals surface area contributed by atoms with Gasteiger partial charge in [0.15, 0.2) is 0 Å². The molecule has 0 aliphatic heterocycles. The molecule has 2 unspecified atom stereocenters. The van der Waals surface area contributed by atoms with Crippen molar-refractivity contribution >= 4 is 0 Å². The molecule has 0 aromatic heterocycles. The van der Waals surface area contributed by atoms with Crippen molar-refractivity contribution in [3.8, 4) is 5.75 Å². The van der Waals surface area contributed by atoms with E-state index in [2.05, 4.69) is 44.7 Å². The van der Waals surface area contributed by atoms with Gasteiger partial charge in [0, 0.05) is 17.6 Å². The molecule has 0 amide bonds. The number of hydrogen-bond donors (Lipinski definition) is 1. The number of nitrogens with two attached hydrogens (primary N) is 1. The van der Waals surface area contributed by atoms with Crippen LogP contribution in [-0.2, 0) is 0 Å². The molecule has 0 aliphatic rings. The van der Waals surface area contributed by atoms with Crippen LogP contribution in [0.15, 0.2) is 24.3 Å². The summed E-state index contributed by atoms with van der Waals surface area (Å²) in [4.78, 5) is 2.51. The summed E-state index contributed by atoms with van der Waals surface area (Å²) in [7, 11) is 1.73. The molecule has 3 heteroatoms. The zero-order valence-corrected chi connectivity index (χ0v) is 14.3. The zero-order chi connectivity index (χ0) is 15.8. The second kappa shape index (κ2) is 9.06. The van der Waals surface area contributed by atoms with Crippen molar-refractivity contribution in [2.24, 2.45) is 5.73 Å². The van der Waals surface area contributed by atoms with Crippen LogP contribution in [0.4, 0.5) is 0 Å². The smallest absolute Gasteiger partial charge is 0.123 e. The maximum Gasteiger partial charge on any atom is 0.123 e. The molecule has 0 fully saturated rings. The largest absolute Gasteiger partial charge is 0.496 e. The van der Waals surface area contributed by atoms with E-state index in [1.54, 1.807) is 7.11 Å².